The molecule has 0 atom stereocenters. The highest BCUT2D eigenvalue weighted by molar-refractivity contribution is 9.11. The van der Waals surface area contributed by atoms with Gasteiger partial charge in [-0.05, 0) is 49.6 Å². The van der Waals surface area contributed by atoms with E-state index >= 15 is 0 Å². The third-order valence-electron chi connectivity index (χ3n) is 2.57. The second-order valence-corrected chi connectivity index (χ2v) is 7.81. The lowest BCUT2D eigenvalue weighted by Crippen LogP contribution is -2.23. The van der Waals surface area contributed by atoms with Crippen LogP contribution in [0.4, 0.5) is 13.2 Å². The zero-order valence-corrected chi connectivity index (χ0v) is 14.5. The average molecular weight is 467 g/mol. The molecule has 0 fully saturated rings. The molecule has 1 aromatic carbocycles. The minimum Gasteiger partial charge on any atom is -0.342 e. The largest absolute Gasteiger partial charge is 0.502 e. The molecule has 2 aromatic rings. The lowest BCUT2D eigenvalue weighted by molar-refractivity contribution is -0.0436. The molecule has 3 nitrogen and oxygen atoms in total. The van der Waals surface area contributed by atoms with E-state index < -0.39 is 20.2 Å². The maximum absolute atomic E-state index is 12.8. The van der Waals surface area contributed by atoms with Crippen molar-refractivity contribution in [1.82, 2.24) is 4.98 Å². The molecule has 0 unspecified atom stereocenters. The third-order valence-corrected chi connectivity index (χ3v) is 5.83. The van der Waals surface area contributed by atoms with E-state index in [1.54, 1.807) is 0 Å². The Morgan fingerprint density at radius 3 is 2.05 bits per heavy atom. The van der Waals surface area contributed by atoms with Crippen LogP contribution < -0.4 is 0 Å². The molecule has 0 aliphatic rings. The van der Waals surface area contributed by atoms with Crippen molar-refractivity contribution in [2.24, 2.45) is 0 Å². The first kappa shape index (κ1) is 16.9. The fourth-order valence-corrected chi connectivity index (χ4v) is 4.86. The highest BCUT2D eigenvalue weighted by Crippen LogP contribution is 2.44. The van der Waals surface area contributed by atoms with E-state index in [0.717, 1.165) is 0 Å². The van der Waals surface area contributed by atoms with E-state index in [9.17, 15) is 21.6 Å². The van der Waals surface area contributed by atoms with Gasteiger partial charge in [-0.25, -0.2) is 8.42 Å². The predicted octanol–water partition coefficient (Wildman–Crippen LogP) is 5.15. The summed E-state index contributed by atoms with van der Waals surface area (Å²) in [5.74, 6) is 0. The molecule has 1 N–H and O–H groups in total. The molecule has 0 aliphatic heterocycles. The topological polar surface area (TPSA) is 49.9 Å². The summed E-state index contributed by atoms with van der Waals surface area (Å²) in [4.78, 5) is 1.62. The molecule has 1 aromatic heterocycles. The number of sulfone groups is 1. The summed E-state index contributed by atoms with van der Waals surface area (Å²) < 4.78 is 61.7. The molecular formula is C11H5Br2ClF3NO2S. The van der Waals surface area contributed by atoms with Crippen molar-refractivity contribution < 1.29 is 21.6 Å². The molecule has 0 amide bonds. The van der Waals surface area contributed by atoms with Gasteiger partial charge in [0.2, 0.25) is 0 Å². The van der Waals surface area contributed by atoms with Crippen LogP contribution in [0.25, 0.3) is 11.1 Å². The van der Waals surface area contributed by atoms with Gasteiger partial charge in [0.15, 0.2) is 0 Å². The summed E-state index contributed by atoms with van der Waals surface area (Å²) in [5, 5.41) is 0.379. The zero-order chi connectivity index (χ0) is 16.0. The predicted molar refractivity (Wildman–Crippen MR) is 79.9 cm³/mol. The van der Waals surface area contributed by atoms with Crippen LogP contribution in [-0.2, 0) is 9.84 Å². The molecule has 114 valence electrons. The van der Waals surface area contributed by atoms with E-state index in [-0.39, 0.29) is 20.3 Å². The summed E-state index contributed by atoms with van der Waals surface area (Å²) >= 11 is 11.6. The smallest absolute Gasteiger partial charge is 0.342 e. The van der Waals surface area contributed by atoms with E-state index in [4.69, 9.17) is 11.6 Å². The van der Waals surface area contributed by atoms with Crippen molar-refractivity contribution in [2.45, 2.75) is 10.4 Å². The van der Waals surface area contributed by atoms with E-state index in [1.807, 2.05) is 0 Å². The summed E-state index contributed by atoms with van der Waals surface area (Å²) in [7, 11) is -5.52. The van der Waals surface area contributed by atoms with Crippen molar-refractivity contribution in [1.29, 1.82) is 0 Å². The molecule has 0 aliphatic carbocycles. The van der Waals surface area contributed by atoms with Crippen molar-refractivity contribution >= 4 is 53.3 Å². The van der Waals surface area contributed by atoms with Crippen molar-refractivity contribution in [3.8, 4) is 11.1 Å². The quantitative estimate of drug-likeness (QED) is 0.664. The minimum absolute atomic E-state index is 0.111. The van der Waals surface area contributed by atoms with Gasteiger partial charge in [0.1, 0.15) is 9.50 Å². The third kappa shape index (κ3) is 3.01. The van der Waals surface area contributed by atoms with Gasteiger partial charge < -0.3 is 4.98 Å². The number of rotatable bonds is 2. The Hall–Kier alpha value is -0.510. The van der Waals surface area contributed by atoms with Crippen LogP contribution in [0, 0.1) is 0 Å². The fourth-order valence-electron chi connectivity index (χ4n) is 1.67. The lowest BCUT2D eigenvalue weighted by atomic mass is 10.1. The number of benzene rings is 1. The van der Waals surface area contributed by atoms with Gasteiger partial charge in [0.05, 0.1) is 4.60 Å². The number of hydrogen-bond donors (Lipinski definition) is 1. The van der Waals surface area contributed by atoms with Gasteiger partial charge in [0, 0.05) is 10.6 Å². The Balaban J connectivity index is 2.78. The Morgan fingerprint density at radius 1 is 1.05 bits per heavy atom. The highest BCUT2D eigenvalue weighted by atomic mass is 79.9. The molecule has 1 heterocycles. The van der Waals surface area contributed by atoms with Crippen LogP contribution in [-0.4, -0.2) is 18.9 Å². The van der Waals surface area contributed by atoms with E-state index in [2.05, 4.69) is 36.8 Å². The molecule has 0 saturated heterocycles. The number of halogens is 6. The van der Waals surface area contributed by atoms with Gasteiger partial charge >= 0.3 is 5.51 Å². The molecular weight excluding hydrogens is 462 g/mol. The van der Waals surface area contributed by atoms with Gasteiger partial charge in [-0.3, -0.25) is 0 Å². The Bertz CT molecular complexity index is 785. The number of aromatic nitrogens is 1. The SMILES string of the molecule is O=S(=O)(c1c(Br)[nH]c(Br)c1-c1ccc(Cl)cc1)C(F)(F)F. The first-order valence-electron chi connectivity index (χ1n) is 5.20. The molecule has 0 spiro atoms. The van der Waals surface area contributed by atoms with Crippen LogP contribution >= 0.6 is 43.5 Å². The normalized spacial score (nSPS) is 12.7. The van der Waals surface area contributed by atoms with Gasteiger partial charge in [-0.2, -0.15) is 13.2 Å². The van der Waals surface area contributed by atoms with Crippen LogP contribution in [0.1, 0.15) is 0 Å². The van der Waals surface area contributed by atoms with Gasteiger partial charge in [-0.15, -0.1) is 0 Å². The first-order valence-corrected chi connectivity index (χ1v) is 8.64. The van der Waals surface area contributed by atoms with E-state index in [1.165, 1.54) is 24.3 Å². The van der Waals surface area contributed by atoms with E-state index in [0.29, 0.717) is 5.02 Å². The summed E-state index contributed by atoms with van der Waals surface area (Å²) in [6.07, 6.45) is 0. The lowest BCUT2D eigenvalue weighted by Gasteiger charge is -2.10. The summed E-state index contributed by atoms with van der Waals surface area (Å²) in [6, 6.07) is 5.76. The van der Waals surface area contributed by atoms with Gasteiger partial charge in [-0.1, -0.05) is 23.7 Å². The number of nitrogens with one attached hydrogen (secondary N) is 1. The zero-order valence-electron chi connectivity index (χ0n) is 9.80. The average Bonchev–Trinajstić information content (AvgIpc) is 2.64. The maximum Gasteiger partial charge on any atom is 0.502 e. The Labute approximate surface area is 139 Å². The van der Waals surface area contributed by atoms with Crippen molar-refractivity contribution in [3.63, 3.8) is 0 Å². The molecule has 10 heteroatoms. The van der Waals surface area contributed by atoms with Crippen LogP contribution in [0.15, 0.2) is 38.4 Å². The second-order valence-electron chi connectivity index (χ2n) is 3.91. The maximum atomic E-state index is 12.8. The van der Waals surface area contributed by atoms with Crippen molar-refractivity contribution in [2.75, 3.05) is 0 Å². The Kier molecular flexibility index (Phi) is 4.50. The monoisotopic (exact) mass is 465 g/mol. The summed E-state index contributed by atoms with van der Waals surface area (Å²) in [6.45, 7) is 0. The molecule has 0 bridgehead atoms. The number of alkyl halides is 3. The number of H-pyrrole nitrogens is 1. The standard InChI is InChI=1S/C11H5Br2ClF3NO2S/c12-9-7(5-1-3-6(14)4-2-5)8(10(13)18-9)21(19,20)11(15,16)17/h1-4,18H. The van der Waals surface area contributed by atoms with Crippen molar-refractivity contribution in [3.05, 3.63) is 38.5 Å². The van der Waals surface area contributed by atoms with Crippen LogP contribution in [0.5, 0.6) is 0 Å². The summed E-state index contributed by atoms with van der Waals surface area (Å²) in [5.41, 5.74) is -5.25. The Morgan fingerprint density at radius 2 is 1.57 bits per heavy atom. The number of hydrogen-bond acceptors (Lipinski definition) is 2. The van der Waals surface area contributed by atoms with Crippen LogP contribution in [0.3, 0.4) is 0 Å². The highest BCUT2D eigenvalue weighted by Gasteiger charge is 2.50. The number of aromatic amines is 1. The fraction of sp³-hybridized carbons (Fsp3) is 0.0909. The van der Waals surface area contributed by atoms with Crippen LogP contribution in [0.2, 0.25) is 5.02 Å². The molecule has 0 saturated carbocycles. The first-order chi connectivity index (χ1) is 9.55. The minimum atomic E-state index is -5.52. The van der Waals surface area contributed by atoms with Gasteiger partial charge in [0.25, 0.3) is 9.84 Å². The molecule has 21 heavy (non-hydrogen) atoms. The molecule has 0 radical (unpaired) electrons. The second kappa shape index (κ2) is 5.60. The molecule has 2 rings (SSSR count).